The van der Waals surface area contributed by atoms with E-state index in [9.17, 15) is 9.59 Å². The summed E-state index contributed by atoms with van der Waals surface area (Å²) in [5, 5.41) is 0. The summed E-state index contributed by atoms with van der Waals surface area (Å²) < 4.78 is 0. The highest BCUT2D eigenvalue weighted by Gasteiger charge is 2.34. The van der Waals surface area contributed by atoms with Gasteiger partial charge in [0, 0.05) is 12.3 Å². The van der Waals surface area contributed by atoms with Crippen LogP contribution in [0.15, 0.2) is 34.4 Å². The van der Waals surface area contributed by atoms with Gasteiger partial charge in [-0.2, -0.15) is 0 Å². The fourth-order valence-electron chi connectivity index (χ4n) is 2.56. The van der Waals surface area contributed by atoms with Gasteiger partial charge in [-0.3, -0.25) is 9.59 Å². The van der Waals surface area contributed by atoms with Gasteiger partial charge in [-0.1, -0.05) is 42.7 Å². The zero-order valence-corrected chi connectivity index (χ0v) is 17.0. The SMILES string of the molecule is CC=C(C)C.CCC(C)C(=O)C1=C(C)C(CCC=C(C)C)CC1=O. The zero-order valence-electron chi connectivity index (χ0n) is 17.0. The van der Waals surface area contributed by atoms with Crippen molar-refractivity contribution in [2.45, 2.75) is 81.1 Å². The van der Waals surface area contributed by atoms with Gasteiger partial charge < -0.3 is 0 Å². The summed E-state index contributed by atoms with van der Waals surface area (Å²) in [7, 11) is 0. The molecular formula is C22H36O2. The molecule has 0 amide bonds. The van der Waals surface area contributed by atoms with Gasteiger partial charge in [-0.05, 0) is 66.7 Å². The van der Waals surface area contributed by atoms with E-state index >= 15 is 0 Å². The molecule has 1 aliphatic carbocycles. The second-order valence-corrected chi connectivity index (χ2v) is 7.28. The molecule has 0 N–H and O–H groups in total. The minimum atomic E-state index is -0.0366. The first-order valence-corrected chi connectivity index (χ1v) is 9.16. The Bertz CT molecular complexity index is 524. The van der Waals surface area contributed by atoms with Crippen LogP contribution in [0.1, 0.15) is 81.1 Å². The highest BCUT2D eigenvalue weighted by Crippen LogP contribution is 2.34. The first kappa shape index (κ1) is 22.6. The van der Waals surface area contributed by atoms with Gasteiger partial charge >= 0.3 is 0 Å². The molecule has 0 radical (unpaired) electrons. The van der Waals surface area contributed by atoms with E-state index in [1.165, 1.54) is 11.1 Å². The van der Waals surface area contributed by atoms with Crippen molar-refractivity contribution in [2.24, 2.45) is 11.8 Å². The molecule has 0 saturated carbocycles. The Hall–Kier alpha value is -1.44. The predicted molar refractivity (Wildman–Crippen MR) is 104 cm³/mol. The summed E-state index contributed by atoms with van der Waals surface area (Å²) in [6.45, 7) is 16.2. The second-order valence-electron chi connectivity index (χ2n) is 7.28. The van der Waals surface area contributed by atoms with Crippen LogP contribution in [-0.4, -0.2) is 11.6 Å². The lowest BCUT2D eigenvalue weighted by Crippen LogP contribution is -2.17. The number of rotatable bonds is 6. The standard InChI is InChI=1S/C17H26O2.C5H10/c1-6-12(4)17(19)16-13(5)14(10-15(16)18)9-7-8-11(2)3;1-4-5(2)3/h8,12,14H,6-7,9-10H2,1-5H3;4H,1-3H3. The molecule has 0 aliphatic heterocycles. The number of hydrogen-bond acceptors (Lipinski definition) is 2. The summed E-state index contributed by atoms with van der Waals surface area (Å²) >= 11 is 0. The Kier molecular flexibility index (Phi) is 10.5. The van der Waals surface area contributed by atoms with Crippen LogP contribution in [0.2, 0.25) is 0 Å². The van der Waals surface area contributed by atoms with E-state index in [4.69, 9.17) is 0 Å². The molecule has 1 rings (SSSR count). The van der Waals surface area contributed by atoms with Crippen molar-refractivity contribution in [3.05, 3.63) is 34.4 Å². The average molecular weight is 333 g/mol. The summed E-state index contributed by atoms with van der Waals surface area (Å²) in [6.07, 6.45) is 7.57. The third-order valence-corrected chi connectivity index (χ3v) is 4.67. The molecule has 0 aromatic heterocycles. The molecule has 0 aromatic carbocycles. The average Bonchev–Trinajstić information content (AvgIpc) is 2.80. The van der Waals surface area contributed by atoms with Crippen LogP contribution in [0.5, 0.6) is 0 Å². The van der Waals surface area contributed by atoms with E-state index in [1.54, 1.807) is 0 Å². The molecular weight excluding hydrogens is 296 g/mol. The van der Waals surface area contributed by atoms with E-state index < -0.39 is 0 Å². The Morgan fingerprint density at radius 3 is 2.17 bits per heavy atom. The number of allylic oxidation sites excluding steroid dienone is 6. The van der Waals surface area contributed by atoms with Crippen LogP contribution in [0.25, 0.3) is 0 Å². The van der Waals surface area contributed by atoms with Gasteiger partial charge in [0.1, 0.15) is 0 Å². The van der Waals surface area contributed by atoms with Crippen molar-refractivity contribution in [1.82, 2.24) is 0 Å². The number of hydrogen-bond donors (Lipinski definition) is 0. The Morgan fingerprint density at radius 2 is 1.75 bits per heavy atom. The van der Waals surface area contributed by atoms with Crippen molar-refractivity contribution in [3.63, 3.8) is 0 Å². The maximum Gasteiger partial charge on any atom is 0.169 e. The van der Waals surface area contributed by atoms with Crippen LogP contribution < -0.4 is 0 Å². The van der Waals surface area contributed by atoms with Crippen molar-refractivity contribution in [2.75, 3.05) is 0 Å². The summed E-state index contributed by atoms with van der Waals surface area (Å²) in [6, 6.07) is 0. The lowest BCUT2D eigenvalue weighted by Gasteiger charge is -2.11. The summed E-state index contributed by atoms with van der Waals surface area (Å²) in [5.41, 5.74) is 4.22. The van der Waals surface area contributed by atoms with Crippen LogP contribution >= 0.6 is 0 Å². The van der Waals surface area contributed by atoms with Crippen molar-refractivity contribution in [3.8, 4) is 0 Å². The van der Waals surface area contributed by atoms with Crippen LogP contribution in [0, 0.1) is 11.8 Å². The maximum atomic E-state index is 12.2. The van der Waals surface area contributed by atoms with E-state index in [0.29, 0.717) is 12.0 Å². The van der Waals surface area contributed by atoms with E-state index in [0.717, 1.165) is 24.8 Å². The highest BCUT2D eigenvalue weighted by molar-refractivity contribution is 6.22. The fraction of sp³-hybridized carbons (Fsp3) is 0.636. The molecule has 0 spiro atoms. The third-order valence-electron chi connectivity index (χ3n) is 4.67. The molecule has 1 aliphatic rings. The van der Waals surface area contributed by atoms with Gasteiger partial charge in [0.05, 0.1) is 5.57 Å². The van der Waals surface area contributed by atoms with Crippen LogP contribution in [-0.2, 0) is 9.59 Å². The molecule has 0 saturated heterocycles. The Morgan fingerprint density at radius 1 is 1.21 bits per heavy atom. The number of carbonyl (C=O) groups is 2. The van der Waals surface area contributed by atoms with Gasteiger partial charge in [0.25, 0.3) is 0 Å². The normalized spacial score (nSPS) is 17.8. The van der Waals surface area contributed by atoms with Crippen molar-refractivity contribution in [1.29, 1.82) is 0 Å². The largest absolute Gasteiger partial charge is 0.294 e. The minimum Gasteiger partial charge on any atom is -0.294 e. The molecule has 2 nitrogen and oxygen atoms in total. The highest BCUT2D eigenvalue weighted by atomic mass is 16.1. The van der Waals surface area contributed by atoms with Gasteiger partial charge in [-0.25, -0.2) is 0 Å². The molecule has 24 heavy (non-hydrogen) atoms. The maximum absolute atomic E-state index is 12.2. The van der Waals surface area contributed by atoms with E-state index in [-0.39, 0.29) is 23.4 Å². The topological polar surface area (TPSA) is 34.1 Å². The quantitative estimate of drug-likeness (QED) is 0.427. The van der Waals surface area contributed by atoms with Gasteiger partial charge in [0.2, 0.25) is 0 Å². The first-order chi connectivity index (χ1) is 11.1. The molecule has 0 fully saturated rings. The number of ketones is 2. The molecule has 0 aromatic rings. The molecule has 2 heteroatoms. The smallest absolute Gasteiger partial charge is 0.169 e. The zero-order chi connectivity index (χ0) is 18.9. The number of carbonyl (C=O) groups excluding carboxylic acids is 2. The van der Waals surface area contributed by atoms with Crippen LogP contribution in [0.3, 0.4) is 0 Å². The summed E-state index contributed by atoms with van der Waals surface area (Å²) in [5.74, 6) is 0.344. The summed E-state index contributed by atoms with van der Waals surface area (Å²) in [4.78, 5) is 24.3. The first-order valence-electron chi connectivity index (χ1n) is 9.16. The third kappa shape index (κ3) is 7.42. The lowest BCUT2D eigenvalue weighted by atomic mass is 9.92. The fourth-order valence-corrected chi connectivity index (χ4v) is 2.56. The van der Waals surface area contributed by atoms with E-state index in [1.807, 2.05) is 27.7 Å². The van der Waals surface area contributed by atoms with E-state index in [2.05, 4.69) is 39.8 Å². The van der Waals surface area contributed by atoms with Gasteiger partial charge in [-0.15, -0.1) is 0 Å². The lowest BCUT2D eigenvalue weighted by molar-refractivity contribution is -0.123. The predicted octanol–water partition coefficient (Wildman–Crippen LogP) is 6.23. The number of Topliss-reactive ketones (excluding diaryl/α,β-unsaturated/α-hetero) is 2. The molecule has 2 atom stereocenters. The second kappa shape index (κ2) is 11.2. The van der Waals surface area contributed by atoms with Gasteiger partial charge in [0.15, 0.2) is 11.6 Å². The molecule has 2 unspecified atom stereocenters. The molecule has 0 bridgehead atoms. The monoisotopic (exact) mass is 332 g/mol. The minimum absolute atomic E-state index is 0.0366. The van der Waals surface area contributed by atoms with Crippen molar-refractivity contribution < 1.29 is 9.59 Å². The van der Waals surface area contributed by atoms with Crippen LogP contribution in [0.4, 0.5) is 0 Å². The Balaban J connectivity index is 0.000000922. The van der Waals surface area contributed by atoms with Crippen molar-refractivity contribution >= 4 is 11.6 Å². The Labute approximate surface area is 149 Å². The molecule has 0 heterocycles. The molecule has 136 valence electrons.